The molecule has 0 spiro atoms. The van der Waals surface area contributed by atoms with Gasteiger partial charge in [0.05, 0.1) is 19.3 Å². The van der Waals surface area contributed by atoms with Crippen LogP contribution in [0.2, 0.25) is 0 Å². The van der Waals surface area contributed by atoms with Crippen LogP contribution in [0.3, 0.4) is 0 Å². The van der Waals surface area contributed by atoms with E-state index < -0.39 is 6.04 Å². The van der Waals surface area contributed by atoms with Gasteiger partial charge in [-0.2, -0.15) is 0 Å². The molecule has 0 radical (unpaired) electrons. The van der Waals surface area contributed by atoms with Crippen molar-refractivity contribution in [2.24, 2.45) is 0 Å². The zero-order valence-corrected chi connectivity index (χ0v) is 12.7. The summed E-state index contributed by atoms with van der Waals surface area (Å²) in [5, 5.41) is 2.75. The lowest BCUT2D eigenvalue weighted by Crippen LogP contribution is -2.44. The van der Waals surface area contributed by atoms with E-state index in [-0.39, 0.29) is 11.8 Å². The summed E-state index contributed by atoms with van der Waals surface area (Å²) < 4.78 is 5.23. The molecule has 1 saturated heterocycles. The van der Waals surface area contributed by atoms with Crippen LogP contribution in [-0.2, 0) is 16.1 Å². The molecule has 0 saturated carbocycles. The van der Waals surface area contributed by atoms with E-state index in [1.165, 1.54) is 0 Å². The van der Waals surface area contributed by atoms with Gasteiger partial charge in [-0.25, -0.2) is 0 Å². The Kier molecular flexibility index (Phi) is 4.77. The van der Waals surface area contributed by atoms with Gasteiger partial charge in [-0.15, -0.1) is 0 Å². The Morgan fingerprint density at radius 1 is 1.43 bits per heavy atom. The first-order chi connectivity index (χ1) is 10.0. The first kappa shape index (κ1) is 15.3. The maximum Gasteiger partial charge on any atom is 0.245 e. The molecule has 1 unspecified atom stereocenters. The van der Waals surface area contributed by atoms with Crippen molar-refractivity contribution in [2.45, 2.75) is 39.3 Å². The number of nitrogens with one attached hydrogen (secondary N) is 1. The fraction of sp³-hybridized carbons (Fsp3) is 0.533. The van der Waals surface area contributed by atoms with E-state index >= 15 is 0 Å². The van der Waals surface area contributed by atoms with Crippen LogP contribution in [0.4, 0.5) is 0 Å². The number of pyridine rings is 1. The van der Waals surface area contributed by atoms with Gasteiger partial charge in [0.1, 0.15) is 11.8 Å². The van der Waals surface area contributed by atoms with Gasteiger partial charge in [0.25, 0.3) is 0 Å². The predicted octanol–water partition coefficient (Wildman–Crippen LogP) is 1.03. The van der Waals surface area contributed by atoms with Crippen molar-refractivity contribution in [3.8, 4) is 5.75 Å². The molecule has 2 rings (SSSR count). The molecular weight excluding hydrogens is 270 g/mol. The fourth-order valence-corrected chi connectivity index (χ4v) is 2.43. The maximum absolute atomic E-state index is 12.4. The molecule has 6 nitrogen and oxygen atoms in total. The smallest absolute Gasteiger partial charge is 0.245 e. The van der Waals surface area contributed by atoms with Crippen LogP contribution in [0.5, 0.6) is 5.75 Å². The molecule has 1 aromatic rings. The molecule has 0 bridgehead atoms. The van der Waals surface area contributed by atoms with Crippen molar-refractivity contribution in [1.29, 1.82) is 0 Å². The largest absolute Gasteiger partial charge is 0.497 e. The van der Waals surface area contributed by atoms with Crippen molar-refractivity contribution in [3.63, 3.8) is 0 Å². The molecule has 0 aromatic carbocycles. The summed E-state index contributed by atoms with van der Waals surface area (Å²) >= 11 is 0. The number of hydrogen-bond acceptors (Lipinski definition) is 4. The highest BCUT2D eigenvalue weighted by molar-refractivity contribution is 5.89. The van der Waals surface area contributed by atoms with Crippen LogP contribution in [0.1, 0.15) is 31.2 Å². The Morgan fingerprint density at radius 2 is 2.19 bits per heavy atom. The predicted molar refractivity (Wildman–Crippen MR) is 77.8 cm³/mol. The summed E-state index contributed by atoms with van der Waals surface area (Å²) in [5.74, 6) is 0.596. The normalized spacial score (nSPS) is 19.2. The van der Waals surface area contributed by atoms with E-state index in [9.17, 15) is 9.59 Å². The van der Waals surface area contributed by atoms with Gasteiger partial charge in [-0.1, -0.05) is 6.92 Å². The number of aromatic nitrogens is 1. The van der Waals surface area contributed by atoms with Crippen LogP contribution < -0.4 is 10.1 Å². The standard InChI is InChI=1S/C15H21N3O3/c1-4-13-15(20)18(6-5-14(19)17-13)9-11-8-12(21-3)7-10(2)16-11/h7-8,13H,4-6,9H2,1-3H3,(H,17,19). The minimum absolute atomic E-state index is 0.0503. The van der Waals surface area contributed by atoms with Gasteiger partial charge in [0, 0.05) is 30.8 Å². The van der Waals surface area contributed by atoms with Crippen LogP contribution in [0.25, 0.3) is 0 Å². The second kappa shape index (κ2) is 6.56. The lowest BCUT2D eigenvalue weighted by Gasteiger charge is -2.23. The number of carbonyl (C=O) groups is 2. The van der Waals surface area contributed by atoms with E-state index in [2.05, 4.69) is 10.3 Å². The van der Waals surface area contributed by atoms with Crippen molar-refractivity contribution in [1.82, 2.24) is 15.2 Å². The van der Waals surface area contributed by atoms with Gasteiger partial charge >= 0.3 is 0 Å². The maximum atomic E-state index is 12.4. The molecule has 21 heavy (non-hydrogen) atoms. The summed E-state index contributed by atoms with van der Waals surface area (Å²) in [5.41, 5.74) is 1.61. The summed E-state index contributed by atoms with van der Waals surface area (Å²) in [6.07, 6.45) is 0.914. The highest BCUT2D eigenvalue weighted by atomic mass is 16.5. The van der Waals surface area contributed by atoms with Gasteiger partial charge in [0.2, 0.25) is 11.8 Å². The van der Waals surface area contributed by atoms with Crippen molar-refractivity contribution in [3.05, 3.63) is 23.5 Å². The molecule has 1 aliphatic heterocycles. The minimum Gasteiger partial charge on any atom is -0.497 e. The highest BCUT2D eigenvalue weighted by Gasteiger charge is 2.28. The Labute approximate surface area is 124 Å². The number of hydrogen-bond donors (Lipinski definition) is 1. The Morgan fingerprint density at radius 3 is 2.86 bits per heavy atom. The lowest BCUT2D eigenvalue weighted by molar-refractivity contribution is -0.134. The Bertz CT molecular complexity index is 545. The number of nitrogens with zero attached hydrogens (tertiary/aromatic N) is 2. The summed E-state index contributed by atoms with van der Waals surface area (Å²) in [6.45, 7) is 4.58. The summed E-state index contributed by atoms with van der Waals surface area (Å²) in [6, 6.07) is 3.22. The molecule has 1 N–H and O–H groups in total. The molecule has 0 aliphatic carbocycles. The molecule has 114 valence electrons. The van der Waals surface area contributed by atoms with Gasteiger partial charge in [-0.3, -0.25) is 14.6 Å². The van der Waals surface area contributed by atoms with Crippen LogP contribution in [0, 0.1) is 6.92 Å². The zero-order chi connectivity index (χ0) is 15.4. The monoisotopic (exact) mass is 291 g/mol. The molecule has 1 aliphatic rings. The highest BCUT2D eigenvalue weighted by Crippen LogP contribution is 2.16. The van der Waals surface area contributed by atoms with Gasteiger partial charge < -0.3 is 15.0 Å². The average Bonchev–Trinajstić information content (AvgIpc) is 2.59. The summed E-state index contributed by atoms with van der Waals surface area (Å²) in [7, 11) is 1.60. The van der Waals surface area contributed by atoms with E-state index in [1.807, 2.05) is 26.0 Å². The number of ether oxygens (including phenoxy) is 1. The lowest BCUT2D eigenvalue weighted by atomic mass is 10.2. The van der Waals surface area contributed by atoms with Crippen molar-refractivity contribution < 1.29 is 14.3 Å². The quantitative estimate of drug-likeness (QED) is 0.899. The Balaban J connectivity index is 2.18. The molecular formula is C15H21N3O3. The molecule has 1 atom stereocenters. The second-order valence-electron chi connectivity index (χ2n) is 5.18. The molecule has 1 aromatic heterocycles. The van der Waals surface area contributed by atoms with Gasteiger partial charge in [0.15, 0.2) is 0 Å². The number of rotatable bonds is 4. The number of aryl methyl sites for hydroxylation is 1. The van der Waals surface area contributed by atoms with Gasteiger partial charge in [-0.05, 0) is 13.3 Å². The molecule has 6 heteroatoms. The third kappa shape index (κ3) is 3.71. The van der Waals surface area contributed by atoms with E-state index in [0.717, 1.165) is 17.1 Å². The first-order valence-electron chi connectivity index (χ1n) is 7.13. The average molecular weight is 291 g/mol. The minimum atomic E-state index is -0.438. The third-order valence-electron chi connectivity index (χ3n) is 3.53. The number of methoxy groups -OCH3 is 1. The van der Waals surface area contributed by atoms with E-state index in [4.69, 9.17) is 4.74 Å². The summed E-state index contributed by atoms with van der Waals surface area (Å²) in [4.78, 5) is 30.2. The van der Waals surface area contributed by atoms with E-state index in [1.54, 1.807) is 12.0 Å². The van der Waals surface area contributed by atoms with Crippen molar-refractivity contribution >= 4 is 11.8 Å². The molecule has 2 heterocycles. The fourth-order valence-electron chi connectivity index (χ4n) is 2.43. The Hall–Kier alpha value is -2.11. The first-order valence-corrected chi connectivity index (χ1v) is 7.13. The zero-order valence-electron chi connectivity index (χ0n) is 12.7. The van der Waals surface area contributed by atoms with Crippen LogP contribution >= 0.6 is 0 Å². The molecule has 2 amide bonds. The van der Waals surface area contributed by atoms with Crippen LogP contribution in [0.15, 0.2) is 12.1 Å². The number of amides is 2. The third-order valence-corrected chi connectivity index (χ3v) is 3.53. The SMILES string of the molecule is CCC1NC(=O)CCN(Cc2cc(OC)cc(C)n2)C1=O. The topological polar surface area (TPSA) is 71.5 Å². The van der Waals surface area contributed by atoms with Crippen molar-refractivity contribution in [2.75, 3.05) is 13.7 Å². The molecule has 1 fully saturated rings. The van der Waals surface area contributed by atoms with E-state index in [0.29, 0.717) is 25.9 Å². The number of carbonyl (C=O) groups excluding carboxylic acids is 2. The second-order valence-corrected chi connectivity index (χ2v) is 5.18. The van der Waals surface area contributed by atoms with Crippen LogP contribution in [-0.4, -0.2) is 41.4 Å².